The van der Waals surface area contributed by atoms with Gasteiger partial charge in [0.25, 0.3) is 5.91 Å². The molecule has 2 aromatic carbocycles. The normalized spacial score (nSPS) is 10.4. The number of carbonyl (C=O) groups excluding carboxylic acids is 3. The molecule has 0 saturated carbocycles. The van der Waals surface area contributed by atoms with Gasteiger partial charge in [0.1, 0.15) is 0 Å². The number of hydrogen-bond donors (Lipinski definition) is 1. The van der Waals surface area contributed by atoms with E-state index in [1.165, 1.54) is 6.92 Å². The van der Waals surface area contributed by atoms with E-state index in [1.54, 1.807) is 48.5 Å². The van der Waals surface area contributed by atoms with Gasteiger partial charge in [0.05, 0.1) is 0 Å². The third-order valence-electron chi connectivity index (χ3n) is 3.74. The van der Waals surface area contributed by atoms with Crippen LogP contribution in [0.2, 0.25) is 5.02 Å². The number of rotatable bonds is 7. The van der Waals surface area contributed by atoms with Gasteiger partial charge in [-0.2, -0.15) is 4.80 Å². The smallest absolute Gasteiger partial charge is 0.330 e. The zero-order valence-corrected chi connectivity index (χ0v) is 16.1. The summed E-state index contributed by atoms with van der Waals surface area (Å²) in [6.07, 6.45) is 0. The molecule has 29 heavy (non-hydrogen) atoms. The van der Waals surface area contributed by atoms with Crippen molar-refractivity contribution in [3.63, 3.8) is 0 Å². The molecule has 10 heteroatoms. The number of nitrogens with zero attached hydrogens (tertiary/aromatic N) is 4. The van der Waals surface area contributed by atoms with Crippen molar-refractivity contribution in [2.45, 2.75) is 13.5 Å². The molecule has 0 unspecified atom stereocenters. The standard InChI is InChI=1S/C19H16ClN5O4/c1-12(26)14-3-2-4-16(9-14)21-17(27)11-29-18(28)10-25-23-19(22-24-25)13-5-7-15(20)8-6-13/h2-9H,10-11H2,1H3,(H,21,27). The highest BCUT2D eigenvalue weighted by Crippen LogP contribution is 2.17. The van der Waals surface area contributed by atoms with Gasteiger partial charge < -0.3 is 10.1 Å². The van der Waals surface area contributed by atoms with Gasteiger partial charge >= 0.3 is 5.97 Å². The van der Waals surface area contributed by atoms with Crippen LogP contribution in [0.5, 0.6) is 0 Å². The molecule has 3 aromatic rings. The fourth-order valence-electron chi connectivity index (χ4n) is 2.34. The first-order valence-electron chi connectivity index (χ1n) is 8.51. The summed E-state index contributed by atoms with van der Waals surface area (Å²) in [5, 5.41) is 14.9. The van der Waals surface area contributed by atoms with E-state index >= 15 is 0 Å². The number of ketones is 1. The Labute approximate surface area is 170 Å². The number of aromatic nitrogens is 4. The van der Waals surface area contributed by atoms with Gasteiger partial charge in [0.2, 0.25) is 5.82 Å². The summed E-state index contributed by atoms with van der Waals surface area (Å²) >= 11 is 5.84. The summed E-state index contributed by atoms with van der Waals surface area (Å²) in [7, 11) is 0. The minimum absolute atomic E-state index is 0.120. The number of hydrogen-bond acceptors (Lipinski definition) is 7. The van der Waals surface area contributed by atoms with Crippen LogP contribution in [0, 0.1) is 0 Å². The summed E-state index contributed by atoms with van der Waals surface area (Å²) < 4.78 is 4.92. The van der Waals surface area contributed by atoms with Crippen molar-refractivity contribution >= 4 is 34.9 Å². The number of amides is 1. The summed E-state index contributed by atoms with van der Waals surface area (Å²) in [4.78, 5) is 36.3. The van der Waals surface area contributed by atoms with E-state index in [0.29, 0.717) is 27.7 Å². The first kappa shape index (κ1) is 20.2. The SMILES string of the molecule is CC(=O)c1cccc(NC(=O)COC(=O)Cn2nnc(-c3ccc(Cl)cc3)n2)c1. The van der Waals surface area contributed by atoms with Crippen molar-refractivity contribution in [2.75, 3.05) is 11.9 Å². The van der Waals surface area contributed by atoms with Crippen molar-refractivity contribution < 1.29 is 19.1 Å². The summed E-state index contributed by atoms with van der Waals surface area (Å²) in [6.45, 7) is 0.648. The Hall–Kier alpha value is -3.59. The van der Waals surface area contributed by atoms with E-state index in [-0.39, 0.29) is 12.3 Å². The Morgan fingerprint density at radius 1 is 1.14 bits per heavy atom. The van der Waals surface area contributed by atoms with E-state index in [1.807, 2.05) is 0 Å². The quantitative estimate of drug-likeness (QED) is 0.467. The molecule has 148 valence electrons. The van der Waals surface area contributed by atoms with E-state index in [4.69, 9.17) is 16.3 Å². The molecule has 0 spiro atoms. The van der Waals surface area contributed by atoms with Crippen LogP contribution < -0.4 is 5.32 Å². The van der Waals surface area contributed by atoms with Crippen LogP contribution in [-0.2, 0) is 20.9 Å². The third-order valence-corrected chi connectivity index (χ3v) is 3.99. The lowest BCUT2D eigenvalue weighted by Crippen LogP contribution is -2.23. The van der Waals surface area contributed by atoms with Crippen LogP contribution in [-0.4, -0.2) is 44.5 Å². The van der Waals surface area contributed by atoms with E-state index in [9.17, 15) is 14.4 Å². The number of tetrazole rings is 1. The second-order valence-electron chi connectivity index (χ2n) is 6.00. The van der Waals surface area contributed by atoms with Crippen LogP contribution in [0.15, 0.2) is 48.5 Å². The second kappa shape index (κ2) is 9.07. The Morgan fingerprint density at radius 2 is 1.90 bits per heavy atom. The minimum atomic E-state index is -0.697. The van der Waals surface area contributed by atoms with E-state index in [0.717, 1.165) is 4.80 Å². The molecular weight excluding hydrogens is 398 g/mol. The summed E-state index contributed by atoms with van der Waals surface area (Å²) in [5.74, 6) is -1.02. The fraction of sp³-hybridized carbons (Fsp3) is 0.158. The molecule has 0 saturated heterocycles. The van der Waals surface area contributed by atoms with E-state index in [2.05, 4.69) is 20.7 Å². The molecule has 0 atom stereocenters. The highest BCUT2D eigenvalue weighted by Gasteiger charge is 2.12. The maximum absolute atomic E-state index is 11.9. The van der Waals surface area contributed by atoms with Crippen LogP contribution in [0.1, 0.15) is 17.3 Å². The number of esters is 1. The Bertz CT molecular complexity index is 1050. The van der Waals surface area contributed by atoms with Crippen LogP contribution >= 0.6 is 11.6 Å². The summed E-state index contributed by atoms with van der Waals surface area (Å²) in [5.41, 5.74) is 1.60. The predicted octanol–water partition coefficient (Wildman–Crippen LogP) is 2.38. The zero-order chi connectivity index (χ0) is 20.8. The van der Waals surface area contributed by atoms with Crippen molar-refractivity contribution in [2.24, 2.45) is 0 Å². The van der Waals surface area contributed by atoms with Crippen molar-refractivity contribution in [1.82, 2.24) is 20.2 Å². The second-order valence-corrected chi connectivity index (χ2v) is 6.43. The lowest BCUT2D eigenvalue weighted by Gasteiger charge is -2.07. The number of halogens is 1. The fourth-order valence-corrected chi connectivity index (χ4v) is 2.47. The highest BCUT2D eigenvalue weighted by atomic mass is 35.5. The Kier molecular flexibility index (Phi) is 6.30. The molecule has 3 rings (SSSR count). The molecule has 0 bridgehead atoms. The lowest BCUT2D eigenvalue weighted by atomic mass is 10.1. The first-order valence-corrected chi connectivity index (χ1v) is 8.89. The lowest BCUT2D eigenvalue weighted by molar-refractivity contribution is -0.148. The number of Topliss-reactive ketones (excluding diaryl/α,β-unsaturated/α-hetero) is 1. The van der Waals surface area contributed by atoms with Crippen molar-refractivity contribution in [1.29, 1.82) is 0 Å². The monoisotopic (exact) mass is 413 g/mol. The maximum atomic E-state index is 11.9. The Balaban J connectivity index is 1.50. The number of anilines is 1. The maximum Gasteiger partial charge on any atom is 0.330 e. The number of carbonyl (C=O) groups is 3. The molecule has 0 fully saturated rings. The van der Waals surface area contributed by atoms with Crippen molar-refractivity contribution in [3.05, 3.63) is 59.1 Å². The zero-order valence-electron chi connectivity index (χ0n) is 15.3. The largest absolute Gasteiger partial charge is 0.454 e. The number of nitrogens with one attached hydrogen (secondary N) is 1. The van der Waals surface area contributed by atoms with Crippen LogP contribution in [0.4, 0.5) is 5.69 Å². The number of benzene rings is 2. The van der Waals surface area contributed by atoms with Crippen LogP contribution in [0.25, 0.3) is 11.4 Å². The average molecular weight is 414 g/mol. The van der Waals surface area contributed by atoms with Gasteiger partial charge in [-0.25, -0.2) is 4.79 Å². The molecule has 0 aliphatic heterocycles. The van der Waals surface area contributed by atoms with Gasteiger partial charge in [-0.05, 0) is 48.5 Å². The van der Waals surface area contributed by atoms with Gasteiger partial charge in [-0.1, -0.05) is 23.7 Å². The molecule has 1 heterocycles. The average Bonchev–Trinajstić information content (AvgIpc) is 3.15. The predicted molar refractivity (Wildman–Crippen MR) is 104 cm³/mol. The molecule has 1 amide bonds. The molecule has 0 aliphatic rings. The van der Waals surface area contributed by atoms with Gasteiger partial charge in [0, 0.05) is 21.8 Å². The van der Waals surface area contributed by atoms with Gasteiger partial charge in [-0.15, -0.1) is 10.2 Å². The Morgan fingerprint density at radius 3 is 2.62 bits per heavy atom. The van der Waals surface area contributed by atoms with Crippen molar-refractivity contribution in [3.8, 4) is 11.4 Å². The molecule has 1 aromatic heterocycles. The molecule has 0 aliphatic carbocycles. The van der Waals surface area contributed by atoms with Gasteiger partial charge in [0.15, 0.2) is 18.9 Å². The first-order chi connectivity index (χ1) is 13.9. The van der Waals surface area contributed by atoms with Crippen LogP contribution in [0.3, 0.4) is 0 Å². The van der Waals surface area contributed by atoms with Gasteiger partial charge in [-0.3, -0.25) is 9.59 Å². The molecular formula is C19H16ClN5O4. The van der Waals surface area contributed by atoms with E-state index < -0.39 is 18.5 Å². The molecule has 9 nitrogen and oxygen atoms in total. The number of ether oxygens (including phenoxy) is 1. The third kappa shape index (κ3) is 5.69. The minimum Gasteiger partial charge on any atom is -0.454 e. The molecule has 1 N–H and O–H groups in total. The molecule has 0 radical (unpaired) electrons. The summed E-state index contributed by atoms with van der Waals surface area (Å²) in [6, 6.07) is 13.3. The highest BCUT2D eigenvalue weighted by molar-refractivity contribution is 6.30. The topological polar surface area (TPSA) is 116 Å².